The highest BCUT2D eigenvalue weighted by atomic mass is 14.4. The molecule has 0 N–H and O–H groups in total. The molecule has 0 heteroatoms. The van der Waals surface area contributed by atoms with Gasteiger partial charge in [-0.3, -0.25) is 0 Å². The van der Waals surface area contributed by atoms with E-state index in [1.807, 2.05) is 27.7 Å². The van der Waals surface area contributed by atoms with Crippen LogP contribution in [-0.4, -0.2) is 0 Å². The van der Waals surface area contributed by atoms with Crippen LogP contribution in [0.15, 0.2) is 0 Å². The molecule has 2 unspecified atom stereocenters. The molecular weight excluding hydrogens is 252 g/mol. The van der Waals surface area contributed by atoms with E-state index < -0.39 is 0 Å². The van der Waals surface area contributed by atoms with Gasteiger partial charge in [-0.1, -0.05) is 86.0 Å². The van der Waals surface area contributed by atoms with Crippen molar-refractivity contribution in [2.45, 2.75) is 105 Å². The van der Waals surface area contributed by atoms with E-state index >= 15 is 0 Å². The molecule has 3 saturated carbocycles. The van der Waals surface area contributed by atoms with Gasteiger partial charge in [0.05, 0.1) is 0 Å². The molecule has 0 spiro atoms. The van der Waals surface area contributed by atoms with E-state index in [9.17, 15) is 0 Å². The van der Waals surface area contributed by atoms with Crippen LogP contribution >= 0.6 is 0 Å². The predicted molar refractivity (Wildman–Crippen MR) is 96.6 cm³/mol. The van der Waals surface area contributed by atoms with Crippen molar-refractivity contribution in [1.82, 2.24) is 0 Å². The number of rotatable bonds is 2. The van der Waals surface area contributed by atoms with Crippen molar-refractivity contribution < 1.29 is 0 Å². The highest BCUT2D eigenvalue weighted by Crippen LogP contribution is 2.47. The normalized spacial score (nSPS) is 36.4. The van der Waals surface area contributed by atoms with Crippen molar-refractivity contribution in [2.75, 3.05) is 0 Å². The fourth-order valence-electron chi connectivity index (χ4n) is 4.79. The first-order valence-corrected chi connectivity index (χ1v) is 10.3. The fraction of sp³-hybridized carbons (Fsp3) is 1.00. The lowest BCUT2D eigenvalue weighted by molar-refractivity contribution is 0.0878. The monoisotopic (exact) mass is 294 g/mol. The summed E-state index contributed by atoms with van der Waals surface area (Å²) in [5.74, 6) is 5.57. The molecule has 0 amide bonds. The van der Waals surface area contributed by atoms with Crippen molar-refractivity contribution >= 4 is 0 Å². The highest BCUT2D eigenvalue weighted by Gasteiger charge is 2.35. The summed E-state index contributed by atoms with van der Waals surface area (Å²) in [6.45, 7) is 10.5. The lowest BCUT2D eigenvalue weighted by Gasteiger charge is -2.42. The molecule has 3 fully saturated rings. The van der Waals surface area contributed by atoms with E-state index in [2.05, 4.69) is 6.92 Å². The molecule has 0 aromatic rings. The van der Waals surface area contributed by atoms with E-state index in [1.54, 1.807) is 51.4 Å². The molecule has 0 bridgehead atoms. The minimum Gasteiger partial charge on any atom is -0.0683 e. The molecule has 0 saturated heterocycles. The quantitative estimate of drug-likeness (QED) is 0.495. The second kappa shape index (κ2) is 10.7. The summed E-state index contributed by atoms with van der Waals surface area (Å²) < 4.78 is 0. The van der Waals surface area contributed by atoms with Crippen molar-refractivity contribution in [1.29, 1.82) is 0 Å². The third-order valence-electron chi connectivity index (χ3n) is 6.30. The standard InChI is InChI=1S/C17H30.2C2H6/c1-13-8-10-15(11-9-13)17-7-3-6-16(12-17)14-4-2-5-14;2*1-2/h13-17H,2-12H2,1H3;2*1-2H3. The van der Waals surface area contributed by atoms with Gasteiger partial charge < -0.3 is 0 Å². The molecular formula is C21H42. The Bertz CT molecular complexity index is 232. The summed E-state index contributed by atoms with van der Waals surface area (Å²) in [5.41, 5.74) is 0. The van der Waals surface area contributed by atoms with Crippen LogP contribution < -0.4 is 0 Å². The molecule has 126 valence electrons. The Morgan fingerprint density at radius 3 is 1.29 bits per heavy atom. The molecule has 0 nitrogen and oxygen atoms in total. The maximum atomic E-state index is 2.45. The lowest BCUT2D eigenvalue weighted by Crippen LogP contribution is -2.31. The van der Waals surface area contributed by atoms with Crippen LogP contribution in [0.2, 0.25) is 0 Å². The Labute approximate surface area is 135 Å². The summed E-state index contributed by atoms with van der Waals surface area (Å²) in [6.07, 6.45) is 17.1. The Morgan fingerprint density at radius 2 is 0.857 bits per heavy atom. The Hall–Kier alpha value is 0. The summed E-state index contributed by atoms with van der Waals surface area (Å²) in [4.78, 5) is 0. The first-order chi connectivity index (χ1) is 10.3. The van der Waals surface area contributed by atoms with Gasteiger partial charge in [0.15, 0.2) is 0 Å². The largest absolute Gasteiger partial charge is 0.0683 e. The average molecular weight is 295 g/mol. The molecule has 21 heavy (non-hydrogen) atoms. The summed E-state index contributed by atoms with van der Waals surface area (Å²) in [5, 5.41) is 0. The number of hydrogen-bond donors (Lipinski definition) is 0. The van der Waals surface area contributed by atoms with Gasteiger partial charge in [0.2, 0.25) is 0 Å². The smallest absolute Gasteiger partial charge is 0.0383 e. The van der Waals surface area contributed by atoms with E-state index in [0.29, 0.717) is 0 Å². The van der Waals surface area contributed by atoms with Gasteiger partial charge >= 0.3 is 0 Å². The van der Waals surface area contributed by atoms with Crippen LogP contribution in [0, 0.1) is 29.6 Å². The molecule has 0 heterocycles. The van der Waals surface area contributed by atoms with Gasteiger partial charge in [-0.05, 0) is 48.9 Å². The summed E-state index contributed by atoms with van der Waals surface area (Å²) in [7, 11) is 0. The van der Waals surface area contributed by atoms with Crippen molar-refractivity contribution in [3.63, 3.8) is 0 Å². The van der Waals surface area contributed by atoms with Crippen molar-refractivity contribution in [3.8, 4) is 0 Å². The Kier molecular flexibility index (Phi) is 9.69. The summed E-state index contributed by atoms with van der Waals surface area (Å²) >= 11 is 0. The third-order valence-corrected chi connectivity index (χ3v) is 6.30. The zero-order valence-electron chi connectivity index (χ0n) is 15.7. The molecule has 0 aromatic heterocycles. The van der Waals surface area contributed by atoms with Crippen LogP contribution in [0.4, 0.5) is 0 Å². The molecule has 3 aliphatic carbocycles. The van der Waals surface area contributed by atoms with Crippen molar-refractivity contribution in [2.24, 2.45) is 29.6 Å². The molecule has 3 aliphatic rings. The van der Waals surface area contributed by atoms with Crippen molar-refractivity contribution in [3.05, 3.63) is 0 Å². The first-order valence-electron chi connectivity index (χ1n) is 10.3. The van der Waals surface area contributed by atoms with Gasteiger partial charge in [-0.25, -0.2) is 0 Å². The van der Waals surface area contributed by atoms with Gasteiger partial charge in [0, 0.05) is 0 Å². The molecule has 2 atom stereocenters. The summed E-state index contributed by atoms with van der Waals surface area (Å²) in [6, 6.07) is 0. The predicted octanol–water partition coefficient (Wildman–Crippen LogP) is 7.47. The van der Waals surface area contributed by atoms with Gasteiger partial charge in [0.1, 0.15) is 0 Å². The Morgan fingerprint density at radius 1 is 0.476 bits per heavy atom. The van der Waals surface area contributed by atoms with Gasteiger partial charge in [-0.15, -0.1) is 0 Å². The zero-order chi connectivity index (χ0) is 15.7. The number of hydrogen-bond acceptors (Lipinski definition) is 0. The minimum absolute atomic E-state index is 1.03. The van der Waals surface area contributed by atoms with E-state index in [4.69, 9.17) is 0 Å². The second-order valence-corrected chi connectivity index (χ2v) is 7.40. The molecule has 0 aromatic carbocycles. The Balaban J connectivity index is 0.000000510. The van der Waals surface area contributed by atoms with Gasteiger partial charge in [-0.2, -0.15) is 0 Å². The fourth-order valence-corrected chi connectivity index (χ4v) is 4.79. The second-order valence-electron chi connectivity index (χ2n) is 7.40. The van der Waals surface area contributed by atoms with E-state index in [-0.39, 0.29) is 0 Å². The third kappa shape index (κ3) is 5.61. The maximum Gasteiger partial charge on any atom is -0.0383 e. The average Bonchev–Trinajstić information content (AvgIpc) is 2.51. The van der Waals surface area contributed by atoms with Crippen LogP contribution in [0.5, 0.6) is 0 Å². The zero-order valence-corrected chi connectivity index (χ0v) is 15.7. The van der Waals surface area contributed by atoms with E-state index in [1.165, 1.54) is 19.3 Å². The topological polar surface area (TPSA) is 0 Å². The van der Waals surface area contributed by atoms with Crippen LogP contribution in [-0.2, 0) is 0 Å². The first kappa shape index (κ1) is 19.0. The van der Waals surface area contributed by atoms with E-state index in [0.717, 1.165) is 29.6 Å². The van der Waals surface area contributed by atoms with Crippen LogP contribution in [0.3, 0.4) is 0 Å². The molecule has 0 radical (unpaired) electrons. The van der Waals surface area contributed by atoms with Crippen LogP contribution in [0.25, 0.3) is 0 Å². The highest BCUT2D eigenvalue weighted by molar-refractivity contribution is 4.86. The molecule has 0 aliphatic heterocycles. The SMILES string of the molecule is CC.CC.CC1CCC(C2CCCC(C3CCC3)C2)CC1. The van der Waals surface area contributed by atoms with Crippen LogP contribution in [0.1, 0.15) is 105 Å². The molecule has 3 rings (SSSR count). The lowest BCUT2D eigenvalue weighted by atomic mass is 9.63. The minimum atomic E-state index is 1.03. The maximum absolute atomic E-state index is 2.45. The van der Waals surface area contributed by atoms with Gasteiger partial charge in [0.25, 0.3) is 0 Å².